The molecular formula is C13H14BrNO5. The summed E-state index contributed by atoms with van der Waals surface area (Å²) in [7, 11) is 2.87. The molecule has 0 aliphatic rings. The van der Waals surface area contributed by atoms with Crippen molar-refractivity contribution in [3.8, 4) is 11.5 Å². The fraction of sp³-hybridized carbons (Fsp3) is 0.231. The molecule has 20 heavy (non-hydrogen) atoms. The molecule has 0 radical (unpaired) electrons. The van der Waals surface area contributed by atoms with E-state index < -0.39 is 5.97 Å². The van der Waals surface area contributed by atoms with Gasteiger partial charge in [0.2, 0.25) is 0 Å². The molecule has 1 aromatic carbocycles. The number of phenolic OH excluding ortho intramolecular Hbond substituents is 1. The van der Waals surface area contributed by atoms with Crippen LogP contribution in [0.5, 0.6) is 11.5 Å². The van der Waals surface area contributed by atoms with Gasteiger partial charge in [-0.05, 0) is 39.7 Å². The predicted molar refractivity (Wildman–Crippen MR) is 76.4 cm³/mol. The zero-order chi connectivity index (χ0) is 15.1. The minimum Gasteiger partial charge on any atom is -0.503 e. The molecule has 0 unspecified atom stereocenters. The maximum Gasteiger partial charge on any atom is 0.331 e. The van der Waals surface area contributed by atoms with Crippen molar-refractivity contribution >= 4 is 33.9 Å². The molecule has 0 aromatic heterocycles. The molecule has 0 aliphatic heterocycles. The molecule has 7 heteroatoms. The summed E-state index contributed by atoms with van der Waals surface area (Å²) in [5, 5.41) is 12.0. The first kappa shape index (κ1) is 16.0. The van der Waals surface area contributed by atoms with Gasteiger partial charge in [-0.1, -0.05) is 0 Å². The third-order valence-electron chi connectivity index (χ3n) is 2.31. The molecule has 108 valence electrons. The van der Waals surface area contributed by atoms with Crippen LogP contribution in [0.15, 0.2) is 22.7 Å². The van der Waals surface area contributed by atoms with Gasteiger partial charge in [-0.25, -0.2) is 4.79 Å². The van der Waals surface area contributed by atoms with Gasteiger partial charge in [-0.2, -0.15) is 0 Å². The van der Waals surface area contributed by atoms with Crippen molar-refractivity contribution in [1.82, 2.24) is 5.32 Å². The van der Waals surface area contributed by atoms with Crippen LogP contribution in [0, 0.1) is 0 Å². The van der Waals surface area contributed by atoms with Gasteiger partial charge in [-0.3, -0.25) is 4.79 Å². The third-order valence-corrected chi connectivity index (χ3v) is 2.91. The summed E-state index contributed by atoms with van der Waals surface area (Å²) in [6, 6.07) is 3.17. The molecule has 0 atom stereocenters. The van der Waals surface area contributed by atoms with Crippen LogP contribution in [0.1, 0.15) is 5.56 Å². The lowest BCUT2D eigenvalue weighted by Crippen LogP contribution is -2.24. The molecule has 0 bridgehead atoms. The molecule has 1 aromatic rings. The number of rotatable bonds is 5. The molecule has 1 rings (SSSR count). The second-order valence-corrected chi connectivity index (χ2v) is 4.52. The van der Waals surface area contributed by atoms with Gasteiger partial charge in [0.15, 0.2) is 18.1 Å². The van der Waals surface area contributed by atoms with Gasteiger partial charge in [-0.15, -0.1) is 0 Å². The van der Waals surface area contributed by atoms with Gasteiger partial charge in [0, 0.05) is 13.1 Å². The van der Waals surface area contributed by atoms with E-state index in [1.165, 1.54) is 26.3 Å². The van der Waals surface area contributed by atoms with Crippen molar-refractivity contribution in [3.05, 3.63) is 28.2 Å². The summed E-state index contributed by atoms with van der Waals surface area (Å²) in [4.78, 5) is 22.3. The Kier molecular flexibility index (Phi) is 6.05. The van der Waals surface area contributed by atoms with Crippen LogP contribution in [0.2, 0.25) is 0 Å². The number of hydrogen-bond donors (Lipinski definition) is 2. The number of likely N-dealkylation sites (N-methyl/N-ethyl adjacent to an activating group) is 1. The van der Waals surface area contributed by atoms with E-state index in [0.717, 1.165) is 0 Å². The Morgan fingerprint density at radius 2 is 2.15 bits per heavy atom. The van der Waals surface area contributed by atoms with Crippen molar-refractivity contribution < 1.29 is 24.2 Å². The van der Waals surface area contributed by atoms with Crippen LogP contribution in [0.3, 0.4) is 0 Å². The van der Waals surface area contributed by atoms with E-state index in [-0.39, 0.29) is 24.0 Å². The Balaban J connectivity index is 2.73. The Hall–Kier alpha value is -2.02. The second-order valence-electron chi connectivity index (χ2n) is 3.67. The van der Waals surface area contributed by atoms with Gasteiger partial charge in [0.25, 0.3) is 5.91 Å². The lowest BCUT2D eigenvalue weighted by atomic mass is 10.2. The van der Waals surface area contributed by atoms with E-state index in [2.05, 4.69) is 21.2 Å². The highest BCUT2D eigenvalue weighted by Gasteiger charge is 2.08. The third kappa shape index (κ3) is 4.58. The minimum atomic E-state index is -0.642. The summed E-state index contributed by atoms with van der Waals surface area (Å²) in [6.07, 6.45) is 2.67. The van der Waals surface area contributed by atoms with E-state index in [1.54, 1.807) is 12.1 Å². The van der Waals surface area contributed by atoms with Crippen molar-refractivity contribution in [1.29, 1.82) is 0 Å². The van der Waals surface area contributed by atoms with Crippen LogP contribution in [0.25, 0.3) is 6.08 Å². The maximum absolute atomic E-state index is 11.4. The first-order chi connectivity index (χ1) is 9.47. The average Bonchev–Trinajstić information content (AvgIpc) is 2.45. The Labute approximate surface area is 124 Å². The zero-order valence-electron chi connectivity index (χ0n) is 11.0. The van der Waals surface area contributed by atoms with Crippen LogP contribution in [0.4, 0.5) is 0 Å². The number of aromatic hydroxyl groups is 1. The second kappa shape index (κ2) is 7.54. The molecule has 2 N–H and O–H groups in total. The van der Waals surface area contributed by atoms with Crippen molar-refractivity contribution in [2.75, 3.05) is 20.8 Å². The average molecular weight is 344 g/mol. The van der Waals surface area contributed by atoms with E-state index in [0.29, 0.717) is 10.0 Å². The standard InChI is InChI=1S/C13H14BrNO5/c1-15-11(16)7-20-12(17)4-3-8-5-9(14)13(18)10(6-8)19-2/h3-6,18H,7H2,1-2H3,(H,15,16)/b4-3+. The number of amides is 1. The number of phenols is 1. The van der Waals surface area contributed by atoms with Crippen LogP contribution < -0.4 is 10.1 Å². The molecule has 6 nitrogen and oxygen atoms in total. The number of halogens is 1. The number of hydrogen-bond acceptors (Lipinski definition) is 5. The van der Waals surface area contributed by atoms with Crippen LogP contribution in [-0.2, 0) is 14.3 Å². The molecule has 0 heterocycles. The number of methoxy groups -OCH3 is 1. The molecule has 0 spiro atoms. The molecule has 1 amide bonds. The largest absolute Gasteiger partial charge is 0.503 e. The van der Waals surface area contributed by atoms with E-state index >= 15 is 0 Å². The van der Waals surface area contributed by atoms with Gasteiger partial charge in [0.1, 0.15) is 0 Å². The van der Waals surface area contributed by atoms with Crippen molar-refractivity contribution in [2.24, 2.45) is 0 Å². The monoisotopic (exact) mass is 343 g/mol. The smallest absolute Gasteiger partial charge is 0.331 e. The topological polar surface area (TPSA) is 84.9 Å². The molecule has 0 fully saturated rings. The normalized spacial score (nSPS) is 10.3. The van der Waals surface area contributed by atoms with Crippen LogP contribution in [-0.4, -0.2) is 37.7 Å². The first-order valence-corrected chi connectivity index (χ1v) is 6.39. The van der Waals surface area contributed by atoms with Gasteiger partial charge >= 0.3 is 5.97 Å². The Bertz CT molecular complexity index is 542. The van der Waals surface area contributed by atoms with Crippen molar-refractivity contribution in [3.63, 3.8) is 0 Å². The van der Waals surface area contributed by atoms with Crippen molar-refractivity contribution in [2.45, 2.75) is 0 Å². The highest BCUT2D eigenvalue weighted by molar-refractivity contribution is 9.10. The fourth-order valence-corrected chi connectivity index (χ4v) is 1.73. The van der Waals surface area contributed by atoms with E-state index in [9.17, 15) is 14.7 Å². The maximum atomic E-state index is 11.4. The molecule has 0 saturated heterocycles. The SMILES string of the molecule is CNC(=O)COC(=O)/C=C/c1cc(Br)c(O)c(OC)c1. The number of esters is 1. The van der Waals surface area contributed by atoms with Gasteiger partial charge in [0.05, 0.1) is 11.6 Å². The predicted octanol–water partition coefficient (Wildman–Crippen LogP) is 1.47. The summed E-state index contributed by atoms with van der Waals surface area (Å²) < 4.78 is 10.1. The van der Waals surface area contributed by atoms with Crippen LogP contribution >= 0.6 is 15.9 Å². The van der Waals surface area contributed by atoms with E-state index in [4.69, 9.17) is 9.47 Å². The highest BCUT2D eigenvalue weighted by atomic mass is 79.9. The van der Waals surface area contributed by atoms with Gasteiger partial charge < -0.3 is 19.9 Å². The summed E-state index contributed by atoms with van der Waals surface area (Å²) in [5.74, 6) is -0.776. The Morgan fingerprint density at radius 3 is 2.75 bits per heavy atom. The minimum absolute atomic E-state index is 0.0214. The first-order valence-electron chi connectivity index (χ1n) is 5.59. The lowest BCUT2D eigenvalue weighted by molar-refractivity contribution is -0.143. The molecule has 0 aliphatic carbocycles. The number of ether oxygens (including phenoxy) is 2. The summed E-state index contributed by atoms with van der Waals surface area (Å²) in [6.45, 7) is -0.331. The van der Waals surface area contributed by atoms with E-state index in [1.807, 2.05) is 0 Å². The lowest BCUT2D eigenvalue weighted by Gasteiger charge is -2.06. The molecular weight excluding hydrogens is 330 g/mol. The quantitative estimate of drug-likeness (QED) is 0.624. The number of carbonyl (C=O) groups excluding carboxylic acids is 2. The highest BCUT2D eigenvalue weighted by Crippen LogP contribution is 2.35. The number of nitrogens with one attached hydrogen (secondary N) is 1. The molecule has 0 saturated carbocycles. The summed E-state index contributed by atoms with van der Waals surface area (Å²) in [5.41, 5.74) is 0.628. The number of carbonyl (C=O) groups is 2. The summed E-state index contributed by atoms with van der Waals surface area (Å²) >= 11 is 3.17. The Morgan fingerprint density at radius 1 is 1.45 bits per heavy atom. The number of benzene rings is 1. The fourth-order valence-electron chi connectivity index (χ4n) is 1.27. The zero-order valence-corrected chi connectivity index (χ0v) is 12.6.